The van der Waals surface area contributed by atoms with Gasteiger partial charge in [0, 0.05) is 10.6 Å². The van der Waals surface area contributed by atoms with Gasteiger partial charge in [0.05, 0.1) is 5.54 Å². The average molecular weight is 272 g/mol. The highest BCUT2D eigenvalue weighted by molar-refractivity contribution is 6.30. The molecule has 0 aliphatic heterocycles. The second-order valence-electron chi connectivity index (χ2n) is 4.91. The summed E-state index contributed by atoms with van der Waals surface area (Å²) in [6.07, 6.45) is 1.96. The molecule has 2 aromatic rings. The molecule has 3 rings (SSSR count). The monoisotopic (exact) mass is 271 g/mol. The van der Waals surface area contributed by atoms with Crippen molar-refractivity contribution in [3.05, 3.63) is 70.7 Å². The average Bonchev–Trinajstić information content (AvgIpc) is 3.21. The quantitative estimate of drug-likeness (QED) is 0.905. The summed E-state index contributed by atoms with van der Waals surface area (Å²) < 4.78 is 0. The van der Waals surface area contributed by atoms with Crippen molar-refractivity contribution >= 4 is 17.5 Å². The molecular formula is C16H14ClNO. The summed E-state index contributed by atoms with van der Waals surface area (Å²) in [6, 6.07) is 17.0. The van der Waals surface area contributed by atoms with Gasteiger partial charge in [-0.2, -0.15) is 0 Å². The van der Waals surface area contributed by atoms with Crippen LogP contribution in [0.2, 0.25) is 5.02 Å². The van der Waals surface area contributed by atoms with Crippen molar-refractivity contribution in [2.75, 3.05) is 0 Å². The van der Waals surface area contributed by atoms with Gasteiger partial charge in [-0.3, -0.25) is 4.79 Å². The third-order valence-electron chi connectivity index (χ3n) is 3.54. The minimum Gasteiger partial charge on any atom is -0.343 e. The molecule has 1 fully saturated rings. The topological polar surface area (TPSA) is 29.1 Å². The van der Waals surface area contributed by atoms with E-state index in [0.29, 0.717) is 10.6 Å². The molecule has 0 atom stereocenters. The third kappa shape index (κ3) is 2.49. The number of rotatable bonds is 3. The van der Waals surface area contributed by atoms with E-state index in [1.807, 2.05) is 54.6 Å². The van der Waals surface area contributed by atoms with Crippen LogP contribution in [0.15, 0.2) is 54.6 Å². The van der Waals surface area contributed by atoms with E-state index in [1.165, 1.54) is 0 Å². The third-order valence-corrected chi connectivity index (χ3v) is 3.79. The van der Waals surface area contributed by atoms with Gasteiger partial charge in [0.15, 0.2) is 0 Å². The first-order valence-electron chi connectivity index (χ1n) is 6.33. The first-order chi connectivity index (χ1) is 9.20. The Balaban J connectivity index is 1.79. The highest BCUT2D eigenvalue weighted by Gasteiger charge is 2.45. The Kier molecular flexibility index (Phi) is 3.03. The summed E-state index contributed by atoms with van der Waals surface area (Å²) in [5, 5.41) is 3.85. The maximum Gasteiger partial charge on any atom is 0.251 e. The highest BCUT2D eigenvalue weighted by atomic mass is 35.5. The van der Waals surface area contributed by atoms with Gasteiger partial charge in [-0.15, -0.1) is 0 Å². The standard InChI is InChI=1S/C16H14ClNO/c17-14-8-6-13(7-9-14)16(10-11-16)18-15(19)12-4-2-1-3-5-12/h1-9H,10-11H2,(H,18,19). The van der Waals surface area contributed by atoms with Crippen LogP contribution in [0.25, 0.3) is 0 Å². The molecule has 2 aromatic carbocycles. The Morgan fingerprint density at radius 1 is 1.00 bits per heavy atom. The van der Waals surface area contributed by atoms with Crippen molar-refractivity contribution in [1.29, 1.82) is 0 Å². The summed E-state index contributed by atoms with van der Waals surface area (Å²) in [6.45, 7) is 0. The van der Waals surface area contributed by atoms with Gasteiger partial charge in [0.25, 0.3) is 5.91 Å². The van der Waals surface area contributed by atoms with Crippen molar-refractivity contribution in [1.82, 2.24) is 5.32 Å². The Morgan fingerprint density at radius 2 is 1.63 bits per heavy atom. The number of halogens is 1. The second kappa shape index (κ2) is 4.71. The van der Waals surface area contributed by atoms with Crippen molar-refractivity contribution in [3.8, 4) is 0 Å². The first-order valence-corrected chi connectivity index (χ1v) is 6.71. The molecule has 0 unspecified atom stereocenters. The van der Waals surface area contributed by atoms with Gasteiger partial charge in [-0.25, -0.2) is 0 Å². The second-order valence-corrected chi connectivity index (χ2v) is 5.35. The van der Waals surface area contributed by atoms with Crippen LogP contribution in [0.4, 0.5) is 0 Å². The molecule has 1 amide bonds. The molecule has 0 heterocycles. The van der Waals surface area contributed by atoms with Crippen molar-refractivity contribution in [2.24, 2.45) is 0 Å². The smallest absolute Gasteiger partial charge is 0.251 e. The normalized spacial score (nSPS) is 15.8. The largest absolute Gasteiger partial charge is 0.343 e. The van der Waals surface area contributed by atoms with Crippen molar-refractivity contribution < 1.29 is 4.79 Å². The molecule has 0 aromatic heterocycles. The summed E-state index contributed by atoms with van der Waals surface area (Å²) in [5.41, 5.74) is 1.63. The van der Waals surface area contributed by atoms with Crippen LogP contribution in [-0.2, 0) is 5.54 Å². The molecule has 19 heavy (non-hydrogen) atoms. The van der Waals surface area contributed by atoms with Gasteiger partial charge < -0.3 is 5.32 Å². The molecule has 0 saturated heterocycles. The Morgan fingerprint density at radius 3 is 2.21 bits per heavy atom. The maximum atomic E-state index is 12.2. The van der Waals surface area contributed by atoms with Gasteiger partial charge in [0.2, 0.25) is 0 Å². The van der Waals surface area contributed by atoms with Crippen LogP contribution in [0.1, 0.15) is 28.8 Å². The lowest BCUT2D eigenvalue weighted by Crippen LogP contribution is -2.34. The molecule has 2 nitrogen and oxygen atoms in total. The van der Waals surface area contributed by atoms with E-state index in [2.05, 4.69) is 5.32 Å². The predicted molar refractivity (Wildman–Crippen MR) is 76.3 cm³/mol. The summed E-state index contributed by atoms with van der Waals surface area (Å²) in [7, 11) is 0. The molecule has 0 spiro atoms. The van der Waals surface area contributed by atoms with Crippen LogP contribution in [0, 0.1) is 0 Å². The number of hydrogen-bond acceptors (Lipinski definition) is 1. The molecule has 0 radical (unpaired) electrons. The number of carbonyl (C=O) groups excluding carboxylic acids is 1. The molecule has 0 bridgehead atoms. The van der Waals surface area contributed by atoms with Crippen LogP contribution >= 0.6 is 11.6 Å². The zero-order chi connectivity index (χ0) is 13.3. The van der Waals surface area contributed by atoms with E-state index in [4.69, 9.17) is 11.6 Å². The van der Waals surface area contributed by atoms with Crippen molar-refractivity contribution in [3.63, 3.8) is 0 Å². The predicted octanol–water partition coefficient (Wildman–Crippen LogP) is 3.76. The Hall–Kier alpha value is -1.80. The number of amides is 1. The van der Waals surface area contributed by atoms with Crippen LogP contribution in [0.5, 0.6) is 0 Å². The summed E-state index contributed by atoms with van der Waals surface area (Å²) >= 11 is 5.90. The van der Waals surface area contributed by atoms with E-state index in [1.54, 1.807) is 0 Å². The van der Waals surface area contributed by atoms with Crippen molar-refractivity contribution in [2.45, 2.75) is 18.4 Å². The van der Waals surface area contributed by atoms with Crippen LogP contribution < -0.4 is 5.32 Å². The fourth-order valence-corrected chi connectivity index (χ4v) is 2.38. The zero-order valence-corrected chi connectivity index (χ0v) is 11.2. The summed E-state index contributed by atoms with van der Waals surface area (Å²) in [4.78, 5) is 12.2. The zero-order valence-electron chi connectivity index (χ0n) is 10.4. The lowest BCUT2D eigenvalue weighted by molar-refractivity contribution is 0.0931. The highest BCUT2D eigenvalue weighted by Crippen LogP contribution is 2.45. The van der Waals surface area contributed by atoms with E-state index in [-0.39, 0.29) is 11.4 Å². The fraction of sp³-hybridized carbons (Fsp3) is 0.188. The lowest BCUT2D eigenvalue weighted by Gasteiger charge is -2.18. The van der Waals surface area contributed by atoms with Gasteiger partial charge >= 0.3 is 0 Å². The minimum absolute atomic E-state index is 0.0203. The molecule has 1 N–H and O–H groups in total. The molecule has 3 heteroatoms. The van der Waals surface area contributed by atoms with E-state index >= 15 is 0 Å². The number of carbonyl (C=O) groups is 1. The number of benzene rings is 2. The molecule has 1 aliphatic rings. The molecule has 96 valence electrons. The first kappa shape index (κ1) is 12.2. The van der Waals surface area contributed by atoms with Gasteiger partial charge in [0.1, 0.15) is 0 Å². The SMILES string of the molecule is O=C(NC1(c2ccc(Cl)cc2)CC1)c1ccccc1. The van der Waals surface area contributed by atoms with Crippen LogP contribution in [-0.4, -0.2) is 5.91 Å². The van der Waals surface area contributed by atoms with Crippen LogP contribution in [0.3, 0.4) is 0 Å². The molecular weight excluding hydrogens is 258 g/mol. The van der Waals surface area contributed by atoms with E-state index in [0.717, 1.165) is 18.4 Å². The molecule has 1 aliphatic carbocycles. The van der Waals surface area contributed by atoms with E-state index < -0.39 is 0 Å². The Labute approximate surface area is 117 Å². The fourth-order valence-electron chi connectivity index (χ4n) is 2.26. The van der Waals surface area contributed by atoms with Gasteiger partial charge in [-0.1, -0.05) is 41.9 Å². The number of nitrogens with one attached hydrogen (secondary N) is 1. The summed E-state index contributed by atoms with van der Waals surface area (Å²) in [5.74, 6) is -0.0203. The minimum atomic E-state index is -0.197. The number of hydrogen-bond donors (Lipinski definition) is 1. The molecule has 1 saturated carbocycles. The lowest BCUT2D eigenvalue weighted by atomic mass is 10.0. The van der Waals surface area contributed by atoms with E-state index in [9.17, 15) is 4.79 Å². The van der Waals surface area contributed by atoms with Gasteiger partial charge in [-0.05, 0) is 42.7 Å². The Bertz CT molecular complexity index is 588. The maximum absolute atomic E-state index is 12.2.